The van der Waals surface area contributed by atoms with Crippen molar-refractivity contribution in [2.75, 3.05) is 5.32 Å². The lowest BCUT2D eigenvalue weighted by molar-refractivity contribution is 0.425. The number of rotatable bonds is 3. The number of benzene rings is 1. The minimum atomic E-state index is -0.954. The number of aryl methyl sites for hydroxylation is 1. The average Bonchev–Trinajstić information content (AvgIpc) is 2.90. The molecule has 0 amide bonds. The molecule has 0 radical (unpaired) electrons. The van der Waals surface area contributed by atoms with Gasteiger partial charge in [0.15, 0.2) is 17.5 Å². The van der Waals surface area contributed by atoms with Gasteiger partial charge < -0.3 is 9.84 Å². The van der Waals surface area contributed by atoms with Crippen LogP contribution in [-0.4, -0.2) is 20.1 Å². The van der Waals surface area contributed by atoms with Crippen molar-refractivity contribution in [1.82, 2.24) is 20.1 Å². The first-order valence-electron chi connectivity index (χ1n) is 5.96. The van der Waals surface area contributed by atoms with Crippen LogP contribution in [0.1, 0.15) is 5.82 Å². The topological polar surface area (TPSA) is 76.7 Å². The van der Waals surface area contributed by atoms with Gasteiger partial charge in [-0.05, 0) is 19.1 Å². The molecule has 1 aromatic carbocycles. The summed E-state index contributed by atoms with van der Waals surface area (Å²) < 4.78 is 31.2. The van der Waals surface area contributed by atoms with Gasteiger partial charge in [0.2, 0.25) is 0 Å². The number of nitrogens with one attached hydrogen (secondary N) is 1. The van der Waals surface area contributed by atoms with Crippen molar-refractivity contribution in [2.24, 2.45) is 0 Å². The lowest BCUT2D eigenvalue weighted by Gasteiger charge is -2.08. The van der Waals surface area contributed by atoms with E-state index in [0.29, 0.717) is 22.9 Å². The molecule has 0 aliphatic heterocycles. The van der Waals surface area contributed by atoms with Gasteiger partial charge in [-0.3, -0.25) is 0 Å². The zero-order chi connectivity index (χ0) is 14.8. The van der Waals surface area contributed by atoms with Gasteiger partial charge in [0.1, 0.15) is 17.7 Å². The lowest BCUT2D eigenvalue weighted by Crippen LogP contribution is -1.98. The van der Waals surface area contributed by atoms with Gasteiger partial charge in [-0.1, -0.05) is 5.16 Å². The first kappa shape index (κ1) is 13.1. The highest BCUT2D eigenvalue weighted by Crippen LogP contribution is 2.26. The fourth-order valence-electron chi connectivity index (χ4n) is 1.70. The number of hydrogen-bond acceptors (Lipinski definition) is 6. The molecular weight excluding hydrogens is 280 g/mol. The molecule has 21 heavy (non-hydrogen) atoms. The molecule has 0 saturated carbocycles. The van der Waals surface area contributed by atoms with Crippen LogP contribution in [0.3, 0.4) is 0 Å². The Balaban J connectivity index is 1.97. The van der Waals surface area contributed by atoms with E-state index in [1.54, 1.807) is 6.92 Å². The summed E-state index contributed by atoms with van der Waals surface area (Å²) in [7, 11) is 0. The predicted molar refractivity (Wildman–Crippen MR) is 69.7 cm³/mol. The van der Waals surface area contributed by atoms with Crippen molar-refractivity contribution in [3.63, 3.8) is 0 Å². The summed E-state index contributed by atoms with van der Waals surface area (Å²) in [4.78, 5) is 12.0. The van der Waals surface area contributed by atoms with E-state index in [4.69, 9.17) is 4.52 Å². The van der Waals surface area contributed by atoms with E-state index in [1.165, 1.54) is 18.6 Å². The van der Waals surface area contributed by atoms with Crippen LogP contribution in [0, 0.1) is 18.6 Å². The largest absolute Gasteiger partial charge is 0.339 e. The van der Waals surface area contributed by atoms with Crippen LogP contribution in [0.5, 0.6) is 0 Å². The third-order valence-electron chi connectivity index (χ3n) is 2.65. The minimum Gasteiger partial charge on any atom is -0.339 e. The number of nitrogens with zero attached hydrogens (tertiary/aromatic N) is 4. The number of hydrogen-bond donors (Lipinski definition) is 1. The van der Waals surface area contributed by atoms with Crippen LogP contribution in [-0.2, 0) is 0 Å². The van der Waals surface area contributed by atoms with Crippen molar-refractivity contribution < 1.29 is 13.3 Å². The Hall–Kier alpha value is -2.90. The second-order valence-electron chi connectivity index (χ2n) is 4.19. The van der Waals surface area contributed by atoms with Crippen LogP contribution in [0.4, 0.5) is 20.3 Å². The van der Waals surface area contributed by atoms with Crippen molar-refractivity contribution in [2.45, 2.75) is 6.92 Å². The first-order chi connectivity index (χ1) is 10.1. The van der Waals surface area contributed by atoms with Crippen LogP contribution < -0.4 is 5.32 Å². The van der Waals surface area contributed by atoms with E-state index in [2.05, 4.69) is 25.4 Å². The first-order valence-corrected chi connectivity index (χ1v) is 5.96. The Morgan fingerprint density at radius 1 is 1.19 bits per heavy atom. The van der Waals surface area contributed by atoms with Crippen molar-refractivity contribution in [3.05, 3.63) is 48.2 Å². The third kappa shape index (κ3) is 2.69. The molecule has 0 spiro atoms. The van der Waals surface area contributed by atoms with Crippen LogP contribution in [0.25, 0.3) is 11.5 Å². The molecule has 0 aliphatic rings. The summed E-state index contributed by atoms with van der Waals surface area (Å²) in [5.41, 5.74) is 0.799. The molecule has 2 aromatic heterocycles. The average molecular weight is 289 g/mol. The van der Waals surface area contributed by atoms with E-state index in [1.807, 2.05) is 0 Å². The highest BCUT2D eigenvalue weighted by atomic mass is 19.2. The zero-order valence-electron chi connectivity index (χ0n) is 10.8. The molecule has 3 rings (SSSR count). The zero-order valence-corrected chi connectivity index (χ0v) is 10.8. The summed E-state index contributed by atoms with van der Waals surface area (Å²) in [6.07, 6.45) is 2.80. The van der Waals surface area contributed by atoms with Gasteiger partial charge in [-0.2, -0.15) is 4.98 Å². The SMILES string of the molecule is Cc1noc(-c2cncnc2Nc2ccc(F)c(F)c2)n1. The van der Waals surface area contributed by atoms with Gasteiger partial charge >= 0.3 is 0 Å². The van der Waals surface area contributed by atoms with E-state index < -0.39 is 11.6 Å². The van der Waals surface area contributed by atoms with Gasteiger partial charge in [0.05, 0.1) is 0 Å². The molecule has 6 nitrogen and oxygen atoms in total. The molecule has 0 aliphatic carbocycles. The molecule has 0 fully saturated rings. The summed E-state index contributed by atoms with van der Waals surface area (Å²) in [6.45, 7) is 1.68. The molecule has 8 heteroatoms. The van der Waals surface area contributed by atoms with E-state index >= 15 is 0 Å². The molecule has 0 atom stereocenters. The number of halogens is 2. The normalized spacial score (nSPS) is 10.6. The maximum Gasteiger partial charge on any atom is 0.263 e. The van der Waals surface area contributed by atoms with Crippen molar-refractivity contribution >= 4 is 11.5 Å². The molecule has 0 unspecified atom stereocenters. The molecular formula is C13H9F2N5O. The standard InChI is InChI=1S/C13H9F2N5O/c1-7-18-13(21-20-7)9-5-16-6-17-12(9)19-8-2-3-10(14)11(15)4-8/h2-6H,1H3,(H,16,17,19). The second kappa shape index (κ2) is 5.23. The van der Waals surface area contributed by atoms with E-state index in [0.717, 1.165) is 12.1 Å². The lowest BCUT2D eigenvalue weighted by atomic mass is 10.2. The fourth-order valence-corrected chi connectivity index (χ4v) is 1.70. The monoisotopic (exact) mass is 289 g/mol. The Morgan fingerprint density at radius 2 is 2.05 bits per heavy atom. The second-order valence-corrected chi connectivity index (χ2v) is 4.19. The van der Waals surface area contributed by atoms with Gasteiger partial charge in [-0.15, -0.1) is 0 Å². The van der Waals surface area contributed by atoms with Crippen molar-refractivity contribution in [3.8, 4) is 11.5 Å². The minimum absolute atomic E-state index is 0.234. The van der Waals surface area contributed by atoms with Crippen LogP contribution >= 0.6 is 0 Å². The predicted octanol–water partition coefficient (Wildman–Crippen LogP) is 2.86. The summed E-state index contributed by atoms with van der Waals surface area (Å²) in [6, 6.07) is 3.44. The maximum atomic E-state index is 13.2. The Bertz CT molecular complexity index is 790. The fraction of sp³-hybridized carbons (Fsp3) is 0.0769. The molecule has 2 heterocycles. The number of anilines is 2. The Morgan fingerprint density at radius 3 is 2.76 bits per heavy atom. The van der Waals surface area contributed by atoms with Crippen molar-refractivity contribution in [1.29, 1.82) is 0 Å². The molecule has 3 aromatic rings. The molecule has 0 bridgehead atoms. The van der Waals surface area contributed by atoms with E-state index in [-0.39, 0.29) is 5.89 Å². The highest BCUT2D eigenvalue weighted by Gasteiger charge is 2.14. The third-order valence-corrected chi connectivity index (χ3v) is 2.65. The maximum absolute atomic E-state index is 13.2. The molecule has 106 valence electrons. The van der Waals surface area contributed by atoms with E-state index in [9.17, 15) is 8.78 Å². The quantitative estimate of drug-likeness (QED) is 0.799. The summed E-state index contributed by atoms with van der Waals surface area (Å²) >= 11 is 0. The van der Waals surface area contributed by atoms with Gasteiger partial charge in [0.25, 0.3) is 5.89 Å². The Labute approximate surface area is 117 Å². The summed E-state index contributed by atoms with van der Waals surface area (Å²) in [5.74, 6) is -0.828. The Kier molecular flexibility index (Phi) is 3.27. The summed E-state index contributed by atoms with van der Waals surface area (Å²) in [5, 5.41) is 6.55. The van der Waals surface area contributed by atoms with Crippen LogP contribution in [0.15, 0.2) is 35.2 Å². The highest BCUT2D eigenvalue weighted by molar-refractivity contribution is 5.72. The molecule has 1 N–H and O–H groups in total. The number of aromatic nitrogens is 4. The van der Waals surface area contributed by atoms with Gasteiger partial charge in [-0.25, -0.2) is 18.7 Å². The molecule has 0 saturated heterocycles. The van der Waals surface area contributed by atoms with Gasteiger partial charge in [0, 0.05) is 18.0 Å². The van der Waals surface area contributed by atoms with Crippen LogP contribution in [0.2, 0.25) is 0 Å². The smallest absolute Gasteiger partial charge is 0.263 e.